The molecule has 0 radical (unpaired) electrons. The van der Waals surface area contributed by atoms with Crippen LogP contribution in [0.1, 0.15) is 43.1 Å². The monoisotopic (exact) mass is 580 g/mol. The maximum absolute atomic E-state index is 13.1. The maximum atomic E-state index is 13.1. The fourth-order valence-electron chi connectivity index (χ4n) is 4.54. The zero-order chi connectivity index (χ0) is 28.4. The minimum absolute atomic E-state index is 0.0820. The van der Waals surface area contributed by atoms with Gasteiger partial charge in [-0.25, -0.2) is 9.78 Å². The van der Waals surface area contributed by atoms with Crippen LogP contribution in [0.2, 0.25) is 10.0 Å². The van der Waals surface area contributed by atoms with E-state index in [0.29, 0.717) is 47.3 Å². The van der Waals surface area contributed by atoms with Crippen molar-refractivity contribution >= 4 is 46.7 Å². The summed E-state index contributed by atoms with van der Waals surface area (Å²) < 4.78 is 7.05. The molecule has 2 aromatic carbocycles. The predicted molar refractivity (Wildman–Crippen MR) is 156 cm³/mol. The highest BCUT2D eigenvalue weighted by Gasteiger charge is 2.29. The van der Waals surface area contributed by atoms with Crippen LogP contribution in [0.25, 0.3) is 16.9 Å². The van der Waals surface area contributed by atoms with Gasteiger partial charge in [0.2, 0.25) is 0 Å². The second-order valence-electron chi connectivity index (χ2n) is 10.7. The Morgan fingerprint density at radius 3 is 2.58 bits per heavy atom. The third-order valence-corrected chi connectivity index (χ3v) is 7.05. The van der Waals surface area contributed by atoms with Crippen LogP contribution in [-0.4, -0.2) is 56.2 Å². The zero-order valence-electron chi connectivity index (χ0n) is 22.4. The molecule has 1 saturated heterocycles. The molecule has 40 heavy (non-hydrogen) atoms. The van der Waals surface area contributed by atoms with Crippen molar-refractivity contribution in [1.82, 2.24) is 24.8 Å². The number of nitrogens with zero attached hydrogens (tertiary/aromatic N) is 4. The Morgan fingerprint density at radius 1 is 1.07 bits per heavy atom. The molecular weight excluding hydrogens is 551 g/mol. The summed E-state index contributed by atoms with van der Waals surface area (Å²) in [5.74, 6) is 0.665. The van der Waals surface area contributed by atoms with Crippen molar-refractivity contribution in [3.8, 4) is 11.3 Å². The Bertz CT molecular complexity index is 1550. The molecule has 11 heteroatoms. The van der Waals surface area contributed by atoms with Gasteiger partial charge in [-0.15, -0.1) is 0 Å². The Morgan fingerprint density at radius 2 is 1.85 bits per heavy atom. The Kier molecular flexibility index (Phi) is 7.87. The first-order chi connectivity index (χ1) is 19.1. The van der Waals surface area contributed by atoms with E-state index in [4.69, 9.17) is 32.9 Å². The molecule has 0 saturated carbocycles. The lowest BCUT2D eigenvalue weighted by Crippen LogP contribution is -2.41. The molecule has 1 fully saturated rings. The van der Waals surface area contributed by atoms with E-state index in [1.807, 2.05) is 51.1 Å². The number of halogens is 2. The number of likely N-dealkylation sites (tertiary alicyclic amines) is 1. The third-order valence-electron chi connectivity index (χ3n) is 6.46. The van der Waals surface area contributed by atoms with E-state index in [1.54, 1.807) is 39.9 Å². The number of fused-ring (bicyclic) bond motifs is 1. The van der Waals surface area contributed by atoms with Gasteiger partial charge in [0.1, 0.15) is 11.4 Å². The first-order valence-electron chi connectivity index (χ1n) is 13.0. The summed E-state index contributed by atoms with van der Waals surface area (Å²) in [6.45, 7) is 6.93. The first kappa shape index (κ1) is 27.7. The van der Waals surface area contributed by atoms with Crippen LogP contribution in [0.4, 0.5) is 10.6 Å². The molecule has 5 rings (SSSR count). The fourth-order valence-corrected chi connectivity index (χ4v) is 5.02. The average molecular weight is 582 g/mol. The first-order valence-corrected chi connectivity index (χ1v) is 13.7. The molecule has 3 heterocycles. The number of hydrogen-bond donors (Lipinski definition) is 2. The van der Waals surface area contributed by atoms with Gasteiger partial charge in [0.15, 0.2) is 5.65 Å². The smallest absolute Gasteiger partial charge is 0.407 e. The number of nitrogens with one attached hydrogen (secondary N) is 2. The van der Waals surface area contributed by atoms with E-state index < -0.39 is 11.7 Å². The number of carbonyl (C=O) groups excluding carboxylic acids is 2. The average Bonchev–Trinajstić information content (AvgIpc) is 3.56. The van der Waals surface area contributed by atoms with E-state index in [2.05, 4.69) is 15.7 Å². The number of carbonyl (C=O) groups is 2. The van der Waals surface area contributed by atoms with E-state index in [-0.39, 0.29) is 11.9 Å². The second kappa shape index (κ2) is 11.3. The molecule has 2 amide bonds. The van der Waals surface area contributed by atoms with Crippen molar-refractivity contribution in [1.29, 1.82) is 0 Å². The molecule has 1 aliphatic rings. The Balaban J connectivity index is 1.27. The topological polar surface area (TPSA) is 101 Å². The summed E-state index contributed by atoms with van der Waals surface area (Å²) >= 11 is 12.4. The molecule has 2 N–H and O–H groups in total. The van der Waals surface area contributed by atoms with Crippen molar-refractivity contribution in [2.45, 2.75) is 45.4 Å². The van der Waals surface area contributed by atoms with Crippen LogP contribution >= 0.6 is 23.2 Å². The normalized spacial score (nSPS) is 15.3. The summed E-state index contributed by atoms with van der Waals surface area (Å²) in [6.07, 6.45) is 1.90. The molecule has 9 nitrogen and oxygen atoms in total. The molecule has 4 aromatic rings. The quantitative estimate of drug-likeness (QED) is 0.287. The molecule has 1 aliphatic heterocycles. The third kappa shape index (κ3) is 6.48. The lowest BCUT2D eigenvalue weighted by molar-refractivity contribution is 0.0502. The lowest BCUT2D eigenvalue weighted by Gasteiger charge is -2.22. The number of ether oxygens (including phenoxy) is 1. The highest BCUT2D eigenvalue weighted by molar-refractivity contribution is 6.35. The standard InChI is InChI=1S/C29H30Cl2N6O3/c1-29(2,3)40-28(39)34-22-11-13-36(17-22)27(38)19-6-4-18(5-7-19)24-15-26(37-25(35-24)10-12-33-37)32-16-20-8-9-21(30)14-23(20)31/h4-10,12,14-15,22,32H,11,13,16-17H2,1-3H3,(H,34,39)/t22-/m0/s1. The number of aromatic nitrogens is 3. The molecule has 0 bridgehead atoms. The van der Waals surface area contributed by atoms with Gasteiger partial charge in [-0.1, -0.05) is 41.4 Å². The van der Waals surface area contributed by atoms with Gasteiger partial charge in [-0.05, 0) is 57.0 Å². The molecule has 2 aromatic heterocycles. The highest BCUT2D eigenvalue weighted by Crippen LogP contribution is 2.26. The number of benzene rings is 2. The number of rotatable bonds is 6. The summed E-state index contributed by atoms with van der Waals surface area (Å²) in [6, 6.07) is 16.4. The van der Waals surface area contributed by atoms with Gasteiger partial charge in [-0.2, -0.15) is 9.61 Å². The summed E-state index contributed by atoms with van der Waals surface area (Å²) in [4.78, 5) is 31.7. The maximum Gasteiger partial charge on any atom is 0.407 e. The summed E-state index contributed by atoms with van der Waals surface area (Å²) in [5.41, 5.74) is 3.18. The number of alkyl carbamates (subject to hydrolysis) is 1. The Hall–Kier alpha value is -3.82. The van der Waals surface area contributed by atoms with Crippen molar-refractivity contribution < 1.29 is 14.3 Å². The van der Waals surface area contributed by atoms with Crippen LogP contribution in [-0.2, 0) is 11.3 Å². The molecule has 0 aliphatic carbocycles. The van der Waals surface area contributed by atoms with Gasteiger partial charge in [-0.3, -0.25) is 4.79 Å². The minimum Gasteiger partial charge on any atom is -0.444 e. The van der Waals surface area contributed by atoms with Crippen molar-refractivity contribution in [3.63, 3.8) is 0 Å². The summed E-state index contributed by atoms with van der Waals surface area (Å²) in [5, 5.41) is 11.8. The minimum atomic E-state index is -0.571. The van der Waals surface area contributed by atoms with E-state index in [1.165, 1.54) is 0 Å². The predicted octanol–water partition coefficient (Wildman–Crippen LogP) is 6.05. The van der Waals surface area contributed by atoms with Crippen LogP contribution < -0.4 is 10.6 Å². The largest absolute Gasteiger partial charge is 0.444 e. The zero-order valence-corrected chi connectivity index (χ0v) is 24.0. The van der Waals surface area contributed by atoms with E-state index in [9.17, 15) is 9.59 Å². The number of hydrogen-bond acceptors (Lipinski definition) is 6. The number of amides is 2. The van der Waals surface area contributed by atoms with Crippen molar-refractivity contribution in [3.05, 3.63) is 82.0 Å². The molecular formula is C29H30Cl2N6O3. The van der Waals surface area contributed by atoms with Crippen LogP contribution in [0, 0.1) is 0 Å². The van der Waals surface area contributed by atoms with E-state index >= 15 is 0 Å². The molecule has 208 valence electrons. The van der Waals surface area contributed by atoms with Gasteiger partial charge < -0.3 is 20.3 Å². The Labute approximate surface area is 242 Å². The van der Waals surface area contributed by atoms with Gasteiger partial charge >= 0.3 is 6.09 Å². The summed E-state index contributed by atoms with van der Waals surface area (Å²) in [7, 11) is 0. The SMILES string of the molecule is CC(C)(C)OC(=O)N[C@H]1CCN(C(=O)c2ccc(-c3cc(NCc4ccc(Cl)cc4Cl)n4nccc4n3)cc2)C1. The fraction of sp³-hybridized carbons (Fsp3) is 0.310. The van der Waals surface area contributed by atoms with Crippen LogP contribution in [0.15, 0.2) is 60.8 Å². The van der Waals surface area contributed by atoms with Crippen molar-refractivity contribution in [2.24, 2.45) is 0 Å². The molecule has 0 spiro atoms. The lowest BCUT2D eigenvalue weighted by atomic mass is 10.1. The van der Waals surface area contributed by atoms with Crippen LogP contribution in [0.3, 0.4) is 0 Å². The van der Waals surface area contributed by atoms with Gasteiger partial charge in [0, 0.05) is 52.9 Å². The van der Waals surface area contributed by atoms with Crippen LogP contribution in [0.5, 0.6) is 0 Å². The van der Waals surface area contributed by atoms with Gasteiger partial charge in [0.25, 0.3) is 5.91 Å². The highest BCUT2D eigenvalue weighted by atomic mass is 35.5. The second-order valence-corrected chi connectivity index (χ2v) is 11.5. The molecule has 0 unspecified atom stereocenters. The number of anilines is 1. The molecule has 1 atom stereocenters. The van der Waals surface area contributed by atoms with Crippen molar-refractivity contribution in [2.75, 3.05) is 18.4 Å². The van der Waals surface area contributed by atoms with E-state index in [0.717, 1.165) is 22.6 Å². The van der Waals surface area contributed by atoms with Gasteiger partial charge in [0.05, 0.1) is 17.9 Å².